The van der Waals surface area contributed by atoms with Gasteiger partial charge in [0.2, 0.25) is 0 Å². The van der Waals surface area contributed by atoms with Gasteiger partial charge in [0.1, 0.15) is 0 Å². The van der Waals surface area contributed by atoms with Crippen molar-refractivity contribution in [3.05, 3.63) is 55.7 Å². The Labute approximate surface area is 125 Å². The average molecular weight is 335 g/mol. The van der Waals surface area contributed by atoms with E-state index < -0.39 is 0 Å². The summed E-state index contributed by atoms with van der Waals surface area (Å²) in [6, 6.07) is 10.4. The van der Waals surface area contributed by atoms with E-state index in [0.717, 1.165) is 33.5 Å². The zero-order valence-corrected chi connectivity index (χ0v) is 13.2. The van der Waals surface area contributed by atoms with Gasteiger partial charge < -0.3 is 0 Å². The number of halogens is 1. The number of carbonyl (C=O) groups is 1. The number of carbonyl (C=O) groups excluding carboxylic acids is 1. The molecule has 0 saturated carbocycles. The molecule has 3 rings (SSSR count). The maximum atomic E-state index is 12.7. The van der Waals surface area contributed by atoms with Crippen molar-refractivity contribution in [2.45, 2.75) is 32.1 Å². The summed E-state index contributed by atoms with van der Waals surface area (Å²) in [5.41, 5.74) is 3.73. The lowest BCUT2D eigenvalue weighted by atomic mass is 9.80. The summed E-state index contributed by atoms with van der Waals surface area (Å²) < 4.78 is 1.07. The van der Waals surface area contributed by atoms with Gasteiger partial charge in [0.25, 0.3) is 0 Å². The van der Waals surface area contributed by atoms with E-state index in [4.69, 9.17) is 0 Å². The summed E-state index contributed by atoms with van der Waals surface area (Å²) in [4.78, 5) is 13.6. The number of benzene rings is 1. The molecule has 0 N–H and O–H groups in total. The first-order chi connectivity index (χ1) is 9.16. The summed E-state index contributed by atoms with van der Waals surface area (Å²) in [5, 5.41) is 0. The first-order valence-corrected chi connectivity index (χ1v) is 8.15. The predicted octanol–water partition coefficient (Wildman–Crippen LogP) is 5.12. The van der Waals surface area contributed by atoms with Gasteiger partial charge in [-0.05, 0) is 64.9 Å². The highest BCUT2D eigenvalue weighted by atomic mass is 79.9. The largest absolute Gasteiger partial charge is 0.293 e. The van der Waals surface area contributed by atoms with Crippen molar-refractivity contribution in [2.75, 3.05) is 0 Å². The van der Waals surface area contributed by atoms with Crippen molar-refractivity contribution in [1.82, 2.24) is 0 Å². The van der Waals surface area contributed by atoms with E-state index in [1.54, 1.807) is 11.3 Å². The molecule has 0 radical (unpaired) electrons. The molecule has 19 heavy (non-hydrogen) atoms. The van der Waals surface area contributed by atoms with Crippen molar-refractivity contribution >= 4 is 33.0 Å². The van der Waals surface area contributed by atoms with Gasteiger partial charge in [0.15, 0.2) is 5.78 Å². The fourth-order valence-corrected chi connectivity index (χ4v) is 4.31. The third-order valence-corrected chi connectivity index (χ3v) is 5.94. The molecule has 2 aromatic rings. The Morgan fingerprint density at radius 2 is 2.16 bits per heavy atom. The number of Topliss-reactive ketones (excluding diaryl/α,β-unsaturated/α-hetero) is 1. The van der Waals surface area contributed by atoms with E-state index >= 15 is 0 Å². The van der Waals surface area contributed by atoms with Gasteiger partial charge in [-0.2, -0.15) is 0 Å². The van der Waals surface area contributed by atoms with Crippen LogP contribution in [-0.4, -0.2) is 5.78 Å². The molecule has 1 aromatic heterocycles. The summed E-state index contributed by atoms with van der Waals surface area (Å²) in [6.07, 6.45) is 3.19. The second-order valence-corrected chi connectivity index (χ2v) is 7.45. The van der Waals surface area contributed by atoms with Crippen LogP contribution in [0.1, 0.15) is 45.1 Å². The highest BCUT2D eigenvalue weighted by Crippen LogP contribution is 2.37. The lowest BCUT2D eigenvalue weighted by molar-refractivity contribution is 0.0955. The molecule has 0 amide bonds. The Kier molecular flexibility index (Phi) is 3.59. The van der Waals surface area contributed by atoms with Crippen molar-refractivity contribution in [3.8, 4) is 0 Å². The van der Waals surface area contributed by atoms with Crippen LogP contribution < -0.4 is 0 Å². The van der Waals surface area contributed by atoms with E-state index in [9.17, 15) is 4.79 Å². The fourth-order valence-electron chi connectivity index (χ4n) is 2.78. The van der Waals surface area contributed by atoms with Gasteiger partial charge >= 0.3 is 0 Å². The minimum absolute atomic E-state index is 0.0508. The molecule has 1 nitrogen and oxygen atoms in total. The Hall–Kier alpha value is -0.930. The van der Waals surface area contributed by atoms with E-state index in [0.29, 0.717) is 0 Å². The normalized spacial score (nSPS) is 18.1. The van der Waals surface area contributed by atoms with Gasteiger partial charge in [0, 0.05) is 5.92 Å². The lowest BCUT2D eigenvalue weighted by Crippen LogP contribution is -2.17. The number of fused-ring (bicyclic) bond motifs is 1. The van der Waals surface area contributed by atoms with Gasteiger partial charge in [-0.25, -0.2) is 0 Å². The quantitative estimate of drug-likeness (QED) is 0.696. The number of thiophene rings is 1. The Morgan fingerprint density at radius 1 is 1.37 bits per heavy atom. The van der Waals surface area contributed by atoms with Crippen LogP contribution in [0.25, 0.3) is 0 Å². The van der Waals surface area contributed by atoms with Gasteiger partial charge in [-0.15, -0.1) is 11.3 Å². The zero-order valence-electron chi connectivity index (χ0n) is 10.8. The Balaban J connectivity index is 1.97. The summed E-state index contributed by atoms with van der Waals surface area (Å²) in [5.74, 6) is 0.334. The third kappa shape index (κ3) is 2.41. The predicted molar refractivity (Wildman–Crippen MR) is 83.2 cm³/mol. The molecule has 0 spiro atoms. The molecule has 1 unspecified atom stereocenters. The molecule has 1 aliphatic rings. The number of aryl methyl sites for hydroxylation is 2. The van der Waals surface area contributed by atoms with Crippen LogP contribution in [0.15, 0.2) is 34.1 Å². The van der Waals surface area contributed by atoms with Crippen LogP contribution in [0.3, 0.4) is 0 Å². The van der Waals surface area contributed by atoms with Crippen molar-refractivity contribution in [3.63, 3.8) is 0 Å². The molecular formula is C16H15BrOS. The molecule has 1 heterocycles. The van der Waals surface area contributed by atoms with E-state index in [-0.39, 0.29) is 11.7 Å². The SMILES string of the molecule is Cc1cc(C(=O)C2CCCc3ccccc32)sc1Br. The maximum Gasteiger partial charge on any atom is 0.180 e. The number of ketones is 1. The minimum atomic E-state index is 0.0508. The van der Waals surface area contributed by atoms with Crippen LogP contribution in [0.2, 0.25) is 0 Å². The molecule has 1 aromatic carbocycles. The van der Waals surface area contributed by atoms with Crippen LogP contribution >= 0.6 is 27.3 Å². The Bertz CT molecular complexity index is 610. The molecule has 3 heteroatoms. The number of rotatable bonds is 2. The lowest BCUT2D eigenvalue weighted by Gasteiger charge is -2.23. The molecule has 0 bridgehead atoms. The average Bonchev–Trinajstić information content (AvgIpc) is 2.77. The van der Waals surface area contributed by atoms with Crippen LogP contribution in [0, 0.1) is 6.92 Å². The van der Waals surface area contributed by atoms with Crippen LogP contribution in [0.4, 0.5) is 0 Å². The maximum absolute atomic E-state index is 12.7. The zero-order chi connectivity index (χ0) is 13.4. The first-order valence-electron chi connectivity index (χ1n) is 6.55. The third-order valence-electron chi connectivity index (χ3n) is 3.79. The van der Waals surface area contributed by atoms with E-state index in [1.807, 2.05) is 19.1 Å². The van der Waals surface area contributed by atoms with Crippen molar-refractivity contribution in [1.29, 1.82) is 0 Å². The summed E-state index contributed by atoms with van der Waals surface area (Å²) >= 11 is 5.06. The highest BCUT2D eigenvalue weighted by Gasteiger charge is 2.28. The summed E-state index contributed by atoms with van der Waals surface area (Å²) in [6.45, 7) is 2.03. The summed E-state index contributed by atoms with van der Waals surface area (Å²) in [7, 11) is 0. The van der Waals surface area contributed by atoms with Crippen molar-refractivity contribution in [2.24, 2.45) is 0 Å². The highest BCUT2D eigenvalue weighted by molar-refractivity contribution is 9.11. The smallest absolute Gasteiger partial charge is 0.180 e. The Morgan fingerprint density at radius 3 is 2.89 bits per heavy atom. The topological polar surface area (TPSA) is 17.1 Å². The monoisotopic (exact) mass is 334 g/mol. The van der Waals surface area contributed by atoms with E-state index in [1.165, 1.54) is 11.1 Å². The molecule has 1 aliphatic carbocycles. The van der Waals surface area contributed by atoms with Gasteiger partial charge in [0.05, 0.1) is 8.66 Å². The standard InChI is InChI=1S/C16H15BrOS/c1-10-9-14(19-16(10)17)15(18)13-8-4-6-11-5-2-3-7-12(11)13/h2-3,5,7,9,13H,4,6,8H2,1H3. The van der Waals surface area contributed by atoms with Crippen molar-refractivity contribution < 1.29 is 4.79 Å². The first kappa shape index (κ1) is 13.1. The van der Waals surface area contributed by atoms with Gasteiger partial charge in [-0.1, -0.05) is 24.3 Å². The molecule has 0 aliphatic heterocycles. The number of hydrogen-bond donors (Lipinski definition) is 0. The minimum Gasteiger partial charge on any atom is -0.293 e. The fraction of sp³-hybridized carbons (Fsp3) is 0.312. The molecule has 0 saturated heterocycles. The second kappa shape index (κ2) is 5.22. The molecule has 1 atom stereocenters. The van der Waals surface area contributed by atoms with E-state index in [2.05, 4.69) is 34.1 Å². The van der Waals surface area contributed by atoms with Crippen LogP contribution in [-0.2, 0) is 6.42 Å². The number of hydrogen-bond acceptors (Lipinski definition) is 2. The second-order valence-electron chi connectivity index (χ2n) is 5.08. The molecule has 0 fully saturated rings. The molecular weight excluding hydrogens is 320 g/mol. The van der Waals surface area contributed by atoms with Gasteiger partial charge in [-0.3, -0.25) is 4.79 Å². The molecule has 98 valence electrons. The van der Waals surface area contributed by atoms with Crippen LogP contribution in [0.5, 0.6) is 0 Å².